The summed E-state index contributed by atoms with van der Waals surface area (Å²) in [5.41, 5.74) is 0. The van der Waals surface area contributed by atoms with E-state index in [2.05, 4.69) is 6.92 Å². The minimum absolute atomic E-state index is 0.0367. The van der Waals surface area contributed by atoms with Crippen LogP contribution in [0.3, 0.4) is 0 Å². The number of esters is 1. The molecule has 146 valence electrons. The molecule has 0 aromatic heterocycles. The van der Waals surface area contributed by atoms with E-state index < -0.39 is 28.0 Å². The van der Waals surface area contributed by atoms with Gasteiger partial charge in [-0.05, 0) is 31.4 Å². The molecule has 0 aliphatic carbocycles. The number of hydrogen-bond donors (Lipinski definition) is 0. The lowest BCUT2D eigenvalue weighted by molar-refractivity contribution is -0.167. The summed E-state index contributed by atoms with van der Waals surface area (Å²) in [6, 6.07) is 8.36. The van der Waals surface area contributed by atoms with E-state index in [0.29, 0.717) is 6.42 Å². The molecule has 0 bridgehead atoms. The summed E-state index contributed by atoms with van der Waals surface area (Å²) in [6.07, 6.45) is 5.91. The number of benzene rings is 1. The molecule has 0 unspecified atom stereocenters. The van der Waals surface area contributed by atoms with Crippen LogP contribution in [0.5, 0.6) is 0 Å². The van der Waals surface area contributed by atoms with E-state index in [1.54, 1.807) is 30.3 Å². The Labute approximate surface area is 157 Å². The fourth-order valence-electron chi connectivity index (χ4n) is 3.38. The topological polar surface area (TPSA) is 69.7 Å². The molecule has 5 nitrogen and oxygen atoms in total. The van der Waals surface area contributed by atoms with Crippen LogP contribution in [0.25, 0.3) is 0 Å². The largest absolute Gasteiger partial charge is 0.460 e. The van der Waals surface area contributed by atoms with E-state index in [-0.39, 0.29) is 16.8 Å². The van der Waals surface area contributed by atoms with E-state index in [1.807, 2.05) is 0 Å². The predicted molar refractivity (Wildman–Crippen MR) is 101 cm³/mol. The van der Waals surface area contributed by atoms with Crippen LogP contribution in [0, 0.1) is 0 Å². The maximum Gasteiger partial charge on any atom is 0.302 e. The Balaban J connectivity index is 2.04. The first-order chi connectivity index (χ1) is 12.4. The standard InChI is InChI=1S/C20H30O5S/c1-3-4-5-7-10-17-13-14-19(24-16(2)21)20(25-17)15-26(22,23)18-11-8-6-9-12-18/h6,8-9,11-12,17,19-20H,3-5,7,10,13-15H2,1-2H3/t17-,19+,20+/m1/s1. The van der Waals surface area contributed by atoms with Gasteiger partial charge < -0.3 is 9.47 Å². The van der Waals surface area contributed by atoms with Crippen LogP contribution in [-0.2, 0) is 24.1 Å². The number of rotatable bonds is 9. The van der Waals surface area contributed by atoms with Crippen molar-refractivity contribution < 1.29 is 22.7 Å². The fourth-order valence-corrected chi connectivity index (χ4v) is 4.87. The van der Waals surface area contributed by atoms with Crippen molar-refractivity contribution in [3.05, 3.63) is 30.3 Å². The SMILES string of the molecule is CCCCCC[C@@H]1CC[C@H](OC(C)=O)[C@H](CS(=O)(=O)c2ccccc2)O1. The maximum absolute atomic E-state index is 12.7. The van der Waals surface area contributed by atoms with E-state index in [9.17, 15) is 13.2 Å². The zero-order valence-electron chi connectivity index (χ0n) is 15.7. The average molecular weight is 383 g/mol. The zero-order valence-corrected chi connectivity index (χ0v) is 16.5. The van der Waals surface area contributed by atoms with Crippen molar-refractivity contribution >= 4 is 15.8 Å². The summed E-state index contributed by atoms with van der Waals surface area (Å²) in [6.45, 7) is 3.52. The van der Waals surface area contributed by atoms with Crippen LogP contribution in [0.4, 0.5) is 0 Å². The summed E-state index contributed by atoms with van der Waals surface area (Å²) in [4.78, 5) is 11.7. The summed E-state index contributed by atoms with van der Waals surface area (Å²) in [5.74, 6) is -0.567. The third-order valence-corrected chi connectivity index (χ3v) is 6.50. The Hall–Kier alpha value is -1.40. The molecular formula is C20H30O5S. The first-order valence-corrected chi connectivity index (χ1v) is 11.2. The highest BCUT2D eigenvalue weighted by Gasteiger charge is 2.36. The molecular weight excluding hydrogens is 352 g/mol. The molecule has 2 rings (SSSR count). The van der Waals surface area contributed by atoms with E-state index in [0.717, 1.165) is 25.7 Å². The lowest BCUT2D eigenvalue weighted by Gasteiger charge is -2.36. The highest BCUT2D eigenvalue weighted by Crippen LogP contribution is 2.28. The van der Waals surface area contributed by atoms with Gasteiger partial charge in [0.25, 0.3) is 0 Å². The molecule has 0 amide bonds. The van der Waals surface area contributed by atoms with E-state index >= 15 is 0 Å². The summed E-state index contributed by atoms with van der Waals surface area (Å²) in [7, 11) is -3.50. The van der Waals surface area contributed by atoms with Gasteiger partial charge in [-0.1, -0.05) is 50.8 Å². The smallest absolute Gasteiger partial charge is 0.302 e. The number of ether oxygens (including phenoxy) is 2. The number of sulfone groups is 1. The molecule has 0 spiro atoms. The first-order valence-electron chi connectivity index (χ1n) is 9.53. The average Bonchev–Trinajstić information content (AvgIpc) is 2.61. The first kappa shape index (κ1) is 20.9. The molecule has 1 saturated heterocycles. The third kappa shape index (κ3) is 6.40. The number of carbonyl (C=O) groups excluding carboxylic acids is 1. The quantitative estimate of drug-likeness (QED) is 0.478. The van der Waals surface area contributed by atoms with Gasteiger partial charge in [0, 0.05) is 6.92 Å². The van der Waals surface area contributed by atoms with Gasteiger partial charge in [0.1, 0.15) is 12.2 Å². The number of hydrogen-bond acceptors (Lipinski definition) is 5. The molecule has 1 aromatic carbocycles. The van der Waals surface area contributed by atoms with E-state index in [1.165, 1.54) is 19.8 Å². The molecule has 1 heterocycles. The second-order valence-corrected chi connectivity index (χ2v) is 9.00. The lowest BCUT2D eigenvalue weighted by Crippen LogP contribution is -2.45. The highest BCUT2D eigenvalue weighted by molar-refractivity contribution is 7.91. The Kier molecular flexibility index (Phi) is 8.10. The molecule has 0 saturated carbocycles. The van der Waals surface area contributed by atoms with Crippen LogP contribution in [0.15, 0.2) is 35.2 Å². The minimum atomic E-state index is -3.50. The minimum Gasteiger partial charge on any atom is -0.460 e. The van der Waals surface area contributed by atoms with Crippen molar-refractivity contribution in [2.45, 2.75) is 82.0 Å². The lowest BCUT2D eigenvalue weighted by atomic mass is 9.97. The molecule has 6 heteroatoms. The molecule has 1 aliphatic heterocycles. The second kappa shape index (κ2) is 10.1. The van der Waals surface area contributed by atoms with Gasteiger partial charge in [-0.3, -0.25) is 4.79 Å². The molecule has 1 aliphatic rings. The van der Waals surface area contributed by atoms with Crippen molar-refractivity contribution in [3.63, 3.8) is 0 Å². The summed E-state index contributed by atoms with van der Waals surface area (Å²) < 4.78 is 36.9. The van der Waals surface area contributed by atoms with Crippen LogP contribution in [-0.4, -0.2) is 38.5 Å². The van der Waals surface area contributed by atoms with Crippen LogP contribution in [0.2, 0.25) is 0 Å². The Morgan fingerprint density at radius 2 is 1.88 bits per heavy atom. The van der Waals surface area contributed by atoms with Crippen molar-refractivity contribution in [1.82, 2.24) is 0 Å². The third-order valence-electron chi connectivity index (χ3n) is 4.74. The Morgan fingerprint density at radius 3 is 2.54 bits per heavy atom. The molecule has 0 radical (unpaired) electrons. The Morgan fingerprint density at radius 1 is 1.15 bits per heavy atom. The highest BCUT2D eigenvalue weighted by atomic mass is 32.2. The normalized spacial score (nSPS) is 23.5. The van der Waals surface area contributed by atoms with Crippen LogP contribution in [0.1, 0.15) is 58.8 Å². The number of carbonyl (C=O) groups is 1. The van der Waals surface area contributed by atoms with Gasteiger partial charge in [-0.2, -0.15) is 0 Å². The summed E-state index contributed by atoms with van der Waals surface area (Å²) in [5, 5.41) is 0. The van der Waals surface area contributed by atoms with Gasteiger partial charge in [-0.25, -0.2) is 8.42 Å². The van der Waals surface area contributed by atoms with Gasteiger partial charge >= 0.3 is 5.97 Å². The molecule has 1 fully saturated rings. The Bertz CT molecular complexity index is 656. The molecule has 1 aromatic rings. The van der Waals surface area contributed by atoms with Crippen molar-refractivity contribution in [1.29, 1.82) is 0 Å². The van der Waals surface area contributed by atoms with Gasteiger partial charge in [0.15, 0.2) is 9.84 Å². The molecule has 26 heavy (non-hydrogen) atoms. The van der Waals surface area contributed by atoms with Gasteiger partial charge in [-0.15, -0.1) is 0 Å². The predicted octanol–water partition coefficient (Wildman–Crippen LogP) is 3.91. The van der Waals surface area contributed by atoms with Gasteiger partial charge in [0.2, 0.25) is 0 Å². The zero-order chi connectivity index (χ0) is 19.0. The van der Waals surface area contributed by atoms with Crippen LogP contribution < -0.4 is 0 Å². The molecule has 0 N–H and O–H groups in total. The molecule has 3 atom stereocenters. The number of unbranched alkanes of at least 4 members (excludes halogenated alkanes) is 3. The van der Waals surface area contributed by atoms with Crippen molar-refractivity contribution in [3.8, 4) is 0 Å². The monoisotopic (exact) mass is 382 g/mol. The second-order valence-electron chi connectivity index (χ2n) is 6.97. The van der Waals surface area contributed by atoms with E-state index in [4.69, 9.17) is 9.47 Å². The van der Waals surface area contributed by atoms with Crippen LogP contribution >= 0.6 is 0 Å². The summed E-state index contributed by atoms with van der Waals surface area (Å²) >= 11 is 0. The fraction of sp³-hybridized carbons (Fsp3) is 0.650. The van der Waals surface area contributed by atoms with Gasteiger partial charge in [0.05, 0.1) is 16.8 Å². The van der Waals surface area contributed by atoms with Crippen molar-refractivity contribution in [2.75, 3.05) is 5.75 Å². The maximum atomic E-state index is 12.7. The van der Waals surface area contributed by atoms with Crippen molar-refractivity contribution in [2.24, 2.45) is 0 Å².